The molecule has 0 amide bonds. The van der Waals surface area contributed by atoms with Crippen molar-refractivity contribution in [1.82, 2.24) is 0 Å². The van der Waals surface area contributed by atoms with Crippen LogP contribution in [-0.4, -0.2) is 22.2 Å². The molecular formula is C15H20ClFOS. The number of hydrogen-bond donors (Lipinski definition) is 1. The molecule has 106 valence electrons. The van der Waals surface area contributed by atoms with Crippen LogP contribution in [0.3, 0.4) is 0 Å². The van der Waals surface area contributed by atoms with Gasteiger partial charge >= 0.3 is 0 Å². The normalized spacial score (nSPS) is 18.5. The summed E-state index contributed by atoms with van der Waals surface area (Å²) in [5.74, 6) is 0.344. The first-order valence-electron chi connectivity index (χ1n) is 6.89. The lowest BCUT2D eigenvalue weighted by Gasteiger charge is -2.22. The second kappa shape index (κ2) is 7.51. The molecular weight excluding hydrogens is 283 g/mol. The quantitative estimate of drug-likeness (QED) is 0.867. The van der Waals surface area contributed by atoms with Crippen LogP contribution in [0.15, 0.2) is 18.2 Å². The third kappa shape index (κ3) is 4.97. The van der Waals surface area contributed by atoms with E-state index >= 15 is 0 Å². The molecule has 0 bridgehead atoms. The van der Waals surface area contributed by atoms with Gasteiger partial charge in [-0.1, -0.05) is 36.9 Å². The minimum absolute atomic E-state index is 0.129. The molecule has 1 aliphatic rings. The fourth-order valence-corrected chi connectivity index (χ4v) is 3.96. The van der Waals surface area contributed by atoms with Gasteiger partial charge in [0.1, 0.15) is 5.82 Å². The van der Waals surface area contributed by atoms with Gasteiger partial charge in [0.05, 0.1) is 11.1 Å². The summed E-state index contributed by atoms with van der Waals surface area (Å²) in [6, 6.07) is 4.65. The minimum atomic E-state index is -0.406. The van der Waals surface area contributed by atoms with Gasteiger partial charge in [0.25, 0.3) is 0 Å². The van der Waals surface area contributed by atoms with Crippen LogP contribution in [0.1, 0.15) is 37.7 Å². The summed E-state index contributed by atoms with van der Waals surface area (Å²) < 4.78 is 13.0. The van der Waals surface area contributed by atoms with E-state index in [0.29, 0.717) is 11.7 Å². The summed E-state index contributed by atoms with van der Waals surface area (Å²) in [4.78, 5) is 0. The van der Waals surface area contributed by atoms with Crippen LogP contribution in [0.5, 0.6) is 0 Å². The average Bonchev–Trinajstić information content (AvgIpc) is 2.42. The summed E-state index contributed by atoms with van der Waals surface area (Å²) >= 11 is 7.61. The molecule has 0 spiro atoms. The van der Waals surface area contributed by atoms with Crippen molar-refractivity contribution >= 4 is 23.4 Å². The smallest absolute Gasteiger partial charge is 0.141 e. The first-order valence-corrected chi connectivity index (χ1v) is 8.31. The topological polar surface area (TPSA) is 20.2 Å². The highest BCUT2D eigenvalue weighted by Gasteiger charge is 2.16. The number of hydrogen-bond acceptors (Lipinski definition) is 2. The van der Waals surface area contributed by atoms with Crippen molar-refractivity contribution in [2.45, 2.75) is 49.9 Å². The van der Waals surface area contributed by atoms with E-state index in [4.69, 9.17) is 11.6 Å². The van der Waals surface area contributed by atoms with Crippen molar-refractivity contribution < 1.29 is 9.50 Å². The molecule has 19 heavy (non-hydrogen) atoms. The number of aliphatic hydroxyl groups excluding tert-OH is 1. The maximum atomic E-state index is 13.0. The Morgan fingerprint density at radius 2 is 2.05 bits per heavy atom. The van der Waals surface area contributed by atoms with Gasteiger partial charge in [-0.3, -0.25) is 0 Å². The number of benzene rings is 1. The Labute approximate surface area is 123 Å². The minimum Gasteiger partial charge on any atom is -0.392 e. The van der Waals surface area contributed by atoms with E-state index in [-0.39, 0.29) is 11.1 Å². The van der Waals surface area contributed by atoms with Crippen molar-refractivity contribution in [3.8, 4) is 0 Å². The largest absolute Gasteiger partial charge is 0.392 e. The third-order valence-corrected chi connectivity index (χ3v) is 5.34. The fraction of sp³-hybridized carbons (Fsp3) is 0.600. The molecule has 1 aromatic carbocycles. The van der Waals surface area contributed by atoms with Crippen LogP contribution in [0.2, 0.25) is 5.02 Å². The van der Waals surface area contributed by atoms with Crippen LogP contribution in [-0.2, 0) is 6.42 Å². The summed E-state index contributed by atoms with van der Waals surface area (Å²) in [6.07, 6.45) is 6.71. The highest BCUT2D eigenvalue weighted by atomic mass is 35.5. The van der Waals surface area contributed by atoms with Crippen LogP contribution in [0, 0.1) is 5.82 Å². The zero-order valence-electron chi connectivity index (χ0n) is 10.9. The molecule has 0 aromatic heterocycles. The van der Waals surface area contributed by atoms with Crippen molar-refractivity contribution in [2.75, 3.05) is 5.75 Å². The number of thioether (sulfide) groups is 1. The molecule has 1 aromatic rings. The first kappa shape index (κ1) is 15.1. The summed E-state index contributed by atoms with van der Waals surface area (Å²) in [6.45, 7) is 0. The Bertz CT molecular complexity index is 407. The van der Waals surface area contributed by atoms with Crippen LogP contribution in [0.4, 0.5) is 4.39 Å². The van der Waals surface area contributed by atoms with Gasteiger partial charge in [0, 0.05) is 11.0 Å². The van der Waals surface area contributed by atoms with Gasteiger partial charge in [0.15, 0.2) is 0 Å². The number of halogens is 2. The van der Waals surface area contributed by atoms with Gasteiger partial charge in [-0.2, -0.15) is 11.8 Å². The van der Waals surface area contributed by atoms with Gasteiger partial charge in [0.2, 0.25) is 0 Å². The van der Waals surface area contributed by atoms with Crippen molar-refractivity contribution in [3.63, 3.8) is 0 Å². The zero-order chi connectivity index (χ0) is 13.7. The SMILES string of the molecule is OC(CSC1CCCCC1)Cc1ccc(F)c(Cl)c1. The lowest BCUT2D eigenvalue weighted by molar-refractivity contribution is 0.200. The second-order valence-electron chi connectivity index (χ2n) is 5.20. The monoisotopic (exact) mass is 302 g/mol. The number of aliphatic hydroxyl groups is 1. The molecule has 1 saturated carbocycles. The van der Waals surface area contributed by atoms with Gasteiger partial charge in [-0.05, 0) is 37.0 Å². The molecule has 2 rings (SSSR count). The van der Waals surface area contributed by atoms with Crippen molar-refractivity contribution in [1.29, 1.82) is 0 Å². The van der Waals surface area contributed by atoms with Crippen LogP contribution < -0.4 is 0 Å². The second-order valence-corrected chi connectivity index (χ2v) is 6.94. The van der Waals surface area contributed by atoms with Crippen molar-refractivity contribution in [3.05, 3.63) is 34.6 Å². The molecule has 0 aliphatic heterocycles. The highest BCUT2D eigenvalue weighted by Crippen LogP contribution is 2.29. The standard InChI is InChI=1S/C15H20ClFOS/c16-14-9-11(6-7-15(14)17)8-12(18)10-19-13-4-2-1-3-5-13/h6-7,9,12-13,18H,1-5,8,10H2. The fourth-order valence-electron chi connectivity index (χ4n) is 2.48. The first-order chi connectivity index (χ1) is 9.15. The van der Waals surface area contributed by atoms with E-state index in [0.717, 1.165) is 11.3 Å². The highest BCUT2D eigenvalue weighted by molar-refractivity contribution is 7.99. The van der Waals surface area contributed by atoms with Gasteiger partial charge in [-0.25, -0.2) is 4.39 Å². The zero-order valence-corrected chi connectivity index (χ0v) is 12.5. The van der Waals surface area contributed by atoms with E-state index in [1.165, 1.54) is 38.2 Å². The average molecular weight is 303 g/mol. The maximum Gasteiger partial charge on any atom is 0.141 e. The predicted molar refractivity (Wildman–Crippen MR) is 80.5 cm³/mol. The van der Waals surface area contributed by atoms with E-state index in [2.05, 4.69) is 0 Å². The van der Waals surface area contributed by atoms with Gasteiger partial charge in [-0.15, -0.1) is 0 Å². The molecule has 1 unspecified atom stereocenters. The molecule has 0 radical (unpaired) electrons. The Balaban J connectivity index is 1.76. The predicted octanol–water partition coefficient (Wildman–Crippen LogP) is 4.45. The molecule has 1 fully saturated rings. The molecule has 0 heterocycles. The van der Waals surface area contributed by atoms with E-state index in [1.807, 2.05) is 11.8 Å². The van der Waals surface area contributed by atoms with E-state index in [1.54, 1.807) is 12.1 Å². The Hall–Kier alpha value is -0.250. The molecule has 1 atom stereocenters. The molecule has 0 saturated heterocycles. The summed E-state index contributed by atoms with van der Waals surface area (Å²) in [5.41, 5.74) is 0.892. The Morgan fingerprint density at radius 3 is 2.74 bits per heavy atom. The van der Waals surface area contributed by atoms with E-state index in [9.17, 15) is 9.50 Å². The van der Waals surface area contributed by atoms with Crippen LogP contribution >= 0.6 is 23.4 Å². The Kier molecular flexibility index (Phi) is 5.99. The Morgan fingerprint density at radius 1 is 1.32 bits per heavy atom. The molecule has 1 N–H and O–H groups in total. The summed E-state index contributed by atoms with van der Waals surface area (Å²) in [7, 11) is 0. The molecule has 4 heteroatoms. The molecule has 1 nitrogen and oxygen atoms in total. The van der Waals surface area contributed by atoms with Crippen LogP contribution in [0.25, 0.3) is 0 Å². The maximum absolute atomic E-state index is 13.0. The molecule has 1 aliphatic carbocycles. The van der Waals surface area contributed by atoms with E-state index < -0.39 is 5.82 Å². The number of rotatable bonds is 5. The third-order valence-electron chi connectivity index (χ3n) is 3.53. The lowest BCUT2D eigenvalue weighted by Crippen LogP contribution is -2.17. The summed E-state index contributed by atoms with van der Waals surface area (Å²) in [5, 5.41) is 10.9. The van der Waals surface area contributed by atoms with Crippen molar-refractivity contribution in [2.24, 2.45) is 0 Å². The van der Waals surface area contributed by atoms with Gasteiger partial charge < -0.3 is 5.11 Å². The lowest BCUT2D eigenvalue weighted by atomic mass is 10.0.